The normalized spacial score (nSPS) is 19.7. The van der Waals surface area contributed by atoms with Gasteiger partial charge < -0.3 is 10.0 Å². The summed E-state index contributed by atoms with van der Waals surface area (Å²) >= 11 is 0. The van der Waals surface area contributed by atoms with Crippen LogP contribution in [0.25, 0.3) is 0 Å². The Kier molecular flexibility index (Phi) is 3.69. The van der Waals surface area contributed by atoms with Gasteiger partial charge in [-0.1, -0.05) is 6.07 Å². The number of carbonyl (C=O) groups excluding carboxylic acids is 1. The number of nitrogens with zero attached hydrogens (tertiary/aromatic N) is 2. The molecule has 1 fully saturated rings. The van der Waals surface area contributed by atoms with Crippen LogP contribution in [0.4, 0.5) is 14.9 Å². The highest BCUT2D eigenvalue weighted by Crippen LogP contribution is 2.23. The Morgan fingerprint density at radius 2 is 2.21 bits per heavy atom. The SMILES string of the molecule is CN1CC(CC(=O)O)CN(c2cccc(F)c2)C1=O. The number of urea groups is 1. The van der Waals surface area contributed by atoms with Crippen LogP contribution in [0.5, 0.6) is 0 Å². The lowest BCUT2D eigenvalue weighted by atomic mass is 10.0. The van der Waals surface area contributed by atoms with Crippen LogP contribution in [0, 0.1) is 11.7 Å². The first kappa shape index (κ1) is 13.3. The fourth-order valence-electron chi connectivity index (χ4n) is 2.30. The molecule has 5 nitrogen and oxygen atoms in total. The summed E-state index contributed by atoms with van der Waals surface area (Å²) in [4.78, 5) is 25.7. The third-order valence-electron chi connectivity index (χ3n) is 3.11. The van der Waals surface area contributed by atoms with Gasteiger partial charge in [-0.2, -0.15) is 0 Å². The van der Waals surface area contributed by atoms with Crippen molar-refractivity contribution in [1.29, 1.82) is 0 Å². The first-order valence-electron chi connectivity index (χ1n) is 5.97. The molecule has 1 unspecified atom stereocenters. The summed E-state index contributed by atoms with van der Waals surface area (Å²) in [7, 11) is 1.61. The predicted molar refractivity (Wildman–Crippen MR) is 67.5 cm³/mol. The van der Waals surface area contributed by atoms with E-state index in [0.717, 1.165) is 0 Å². The maximum absolute atomic E-state index is 13.2. The molecular weight excluding hydrogens is 251 g/mol. The average Bonchev–Trinajstić information content (AvgIpc) is 2.32. The van der Waals surface area contributed by atoms with Gasteiger partial charge in [0, 0.05) is 31.7 Å². The van der Waals surface area contributed by atoms with Gasteiger partial charge in [-0.3, -0.25) is 9.69 Å². The van der Waals surface area contributed by atoms with Gasteiger partial charge >= 0.3 is 12.0 Å². The van der Waals surface area contributed by atoms with Crippen molar-refractivity contribution in [2.24, 2.45) is 5.92 Å². The molecule has 1 saturated heterocycles. The van der Waals surface area contributed by atoms with Crippen molar-refractivity contribution in [3.63, 3.8) is 0 Å². The summed E-state index contributed by atoms with van der Waals surface area (Å²) in [6.07, 6.45) is -0.0105. The van der Waals surface area contributed by atoms with E-state index >= 15 is 0 Å². The molecule has 0 spiro atoms. The third-order valence-corrected chi connectivity index (χ3v) is 3.11. The molecule has 0 aliphatic carbocycles. The van der Waals surface area contributed by atoms with Gasteiger partial charge in [0.1, 0.15) is 5.82 Å². The van der Waals surface area contributed by atoms with Crippen LogP contribution in [0.2, 0.25) is 0 Å². The van der Waals surface area contributed by atoms with Crippen LogP contribution in [0.3, 0.4) is 0 Å². The predicted octanol–water partition coefficient (Wildman–Crippen LogP) is 1.79. The maximum Gasteiger partial charge on any atom is 0.324 e. The minimum atomic E-state index is -0.896. The third kappa shape index (κ3) is 3.01. The zero-order valence-corrected chi connectivity index (χ0v) is 10.5. The Morgan fingerprint density at radius 1 is 1.47 bits per heavy atom. The fourth-order valence-corrected chi connectivity index (χ4v) is 2.30. The van der Waals surface area contributed by atoms with E-state index in [0.29, 0.717) is 18.8 Å². The molecule has 1 aliphatic rings. The number of aliphatic carboxylic acids is 1. The molecule has 1 aliphatic heterocycles. The van der Waals surface area contributed by atoms with Crippen molar-refractivity contribution in [3.8, 4) is 0 Å². The Morgan fingerprint density at radius 3 is 2.84 bits per heavy atom. The molecule has 1 atom stereocenters. The lowest BCUT2D eigenvalue weighted by molar-refractivity contribution is -0.138. The maximum atomic E-state index is 13.2. The van der Waals surface area contributed by atoms with Crippen molar-refractivity contribution in [2.75, 3.05) is 25.0 Å². The Balaban J connectivity index is 2.22. The van der Waals surface area contributed by atoms with E-state index < -0.39 is 11.8 Å². The molecule has 2 rings (SSSR count). The van der Waals surface area contributed by atoms with Gasteiger partial charge in [0.2, 0.25) is 0 Å². The summed E-state index contributed by atoms with van der Waals surface area (Å²) in [5.74, 6) is -1.48. The number of carbonyl (C=O) groups is 2. The molecule has 0 radical (unpaired) electrons. The minimum Gasteiger partial charge on any atom is -0.481 e. The van der Waals surface area contributed by atoms with Crippen molar-refractivity contribution in [1.82, 2.24) is 4.90 Å². The summed E-state index contributed by atoms with van der Waals surface area (Å²) in [5.41, 5.74) is 0.451. The van der Waals surface area contributed by atoms with E-state index in [1.54, 1.807) is 13.1 Å². The molecule has 0 bridgehead atoms. The summed E-state index contributed by atoms with van der Waals surface area (Å²) in [6, 6.07) is 5.49. The van der Waals surface area contributed by atoms with E-state index in [-0.39, 0.29) is 18.4 Å². The molecular formula is C13H15FN2O3. The van der Waals surface area contributed by atoms with Crippen molar-refractivity contribution < 1.29 is 19.1 Å². The quantitative estimate of drug-likeness (QED) is 0.907. The Hall–Kier alpha value is -2.11. The van der Waals surface area contributed by atoms with Gasteiger partial charge in [-0.05, 0) is 18.2 Å². The van der Waals surface area contributed by atoms with Crippen molar-refractivity contribution >= 4 is 17.7 Å². The van der Waals surface area contributed by atoms with Crippen LogP contribution in [0.15, 0.2) is 24.3 Å². The highest BCUT2D eigenvalue weighted by Gasteiger charge is 2.31. The molecule has 19 heavy (non-hydrogen) atoms. The standard InChI is InChI=1S/C13H15FN2O3/c1-15-7-9(5-12(17)18)8-16(13(15)19)11-4-2-3-10(14)6-11/h2-4,6,9H,5,7-8H2,1H3,(H,17,18). The highest BCUT2D eigenvalue weighted by molar-refractivity contribution is 5.92. The number of anilines is 1. The molecule has 1 N–H and O–H groups in total. The molecule has 2 amide bonds. The number of rotatable bonds is 3. The zero-order valence-electron chi connectivity index (χ0n) is 10.5. The number of hydrogen-bond acceptors (Lipinski definition) is 2. The molecule has 6 heteroatoms. The number of benzene rings is 1. The molecule has 102 valence electrons. The molecule has 0 saturated carbocycles. The van der Waals surface area contributed by atoms with Crippen molar-refractivity contribution in [3.05, 3.63) is 30.1 Å². The van der Waals surface area contributed by atoms with E-state index in [9.17, 15) is 14.0 Å². The van der Waals surface area contributed by atoms with Gasteiger partial charge in [-0.15, -0.1) is 0 Å². The fraction of sp³-hybridized carbons (Fsp3) is 0.385. The number of carboxylic acids is 1. The molecule has 1 aromatic rings. The van der Waals surface area contributed by atoms with Crippen molar-refractivity contribution in [2.45, 2.75) is 6.42 Å². The lowest BCUT2D eigenvalue weighted by Gasteiger charge is -2.37. The monoisotopic (exact) mass is 266 g/mol. The van der Waals surface area contributed by atoms with Gasteiger partial charge in [0.25, 0.3) is 0 Å². The van der Waals surface area contributed by atoms with Gasteiger partial charge in [0.05, 0.1) is 6.42 Å². The largest absolute Gasteiger partial charge is 0.481 e. The number of halogens is 1. The Bertz CT molecular complexity index is 506. The van der Waals surface area contributed by atoms with E-state index in [4.69, 9.17) is 5.11 Å². The van der Waals surface area contributed by atoms with E-state index in [1.165, 1.54) is 28.0 Å². The van der Waals surface area contributed by atoms with Gasteiger partial charge in [0.15, 0.2) is 0 Å². The highest BCUT2D eigenvalue weighted by atomic mass is 19.1. The second-order valence-electron chi connectivity index (χ2n) is 4.72. The second kappa shape index (κ2) is 5.26. The molecule has 0 aromatic heterocycles. The summed E-state index contributed by atoms with van der Waals surface area (Å²) in [5, 5.41) is 8.84. The van der Waals surface area contributed by atoms with E-state index in [1.807, 2.05) is 0 Å². The van der Waals surface area contributed by atoms with Crippen LogP contribution < -0.4 is 4.90 Å². The lowest BCUT2D eigenvalue weighted by Crippen LogP contribution is -2.52. The van der Waals surface area contributed by atoms with Crippen LogP contribution in [-0.2, 0) is 4.79 Å². The Labute approximate surface area is 110 Å². The van der Waals surface area contributed by atoms with Crippen LogP contribution in [0.1, 0.15) is 6.42 Å². The number of carboxylic acid groups (broad SMARTS) is 1. The number of amides is 2. The minimum absolute atomic E-state index is 0.0105. The zero-order chi connectivity index (χ0) is 14.0. The van der Waals surface area contributed by atoms with E-state index in [2.05, 4.69) is 0 Å². The van der Waals surface area contributed by atoms with Crippen LogP contribution >= 0.6 is 0 Å². The molecule has 1 heterocycles. The smallest absolute Gasteiger partial charge is 0.324 e. The first-order chi connectivity index (χ1) is 8.97. The average molecular weight is 266 g/mol. The summed E-state index contributed by atoms with van der Waals surface area (Å²) < 4.78 is 13.2. The topological polar surface area (TPSA) is 60.9 Å². The molecule has 1 aromatic carbocycles. The first-order valence-corrected chi connectivity index (χ1v) is 5.97. The number of hydrogen-bond donors (Lipinski definition) is 1. The summed E-state index contributed by atoms with van der Waals surface area (Å²) in [6.45, 7) is 0.690. The van der Waals surface area contributed by atoms with Crippen LogP contribution in [-0.4, -0.2) is 42.1 Å². The van der Waals surface area contributed by atoms with Gasteiger partial charge in [-0.25, -0.2) is 9.18 Å². The second-order valence-corrected chi connectivity index (χ2v) is 4.72.